The van der Waals surface area contributed by atoms with Crippen LogP contribution < -0.4 is 59.1 Å². The van der Waals surface area contributed by atoms with Crippen LogP contribution in [0.25, 0.3) is 0 Å². The van der Waals surface area contributed by atoms with Crippen molar-refractivity contribution >= 4 is 16.7 Å². The van der Waals surface area contributed by atoms with Crippen LogP contribution in [0.4, 0.5) is 5.69 Å². The van der Waals surface area contributed by atoms with Crippen LogP contribution >= 0.6 is 0 Å². The van der Waals surface area contributed by atoms with Crippen LogP contribution in [0.15, 0.2) is 30.3 Å². The number of rotatable bonds is 1. The molecule has 0 spiro atoms. The molecule has 0 heterocycles. The molecule has 0 N–H and O–H groups in total. The Hall–Kier alpha value is 0.530. The van der Waals surface area contributed by atoms with Gasteiger partial charge >= 0.3 is 59.1 Å². The summed E-state index contributed by atoms with van der Waals surface area (Å²) >= 11 is 0. The van der Waals surface area contributed by atoms with Gasteiger partial charge in [-0.1, -0.05) is 18.2 Å². The first-order valence-electron chi connectivity index (χ1n) is 3.00. The van der Waals surface area contributed by atoms with Gasteiger partial charge in [0.05, 0.1) is 4.92 Å². The van der Waals surface area contributed by atoms with Crippen LogP contribution in [-0.4, -0.2) is 9.48 Å². The molecule has 0 aromatic heterocycles. The van der Waals surface area contributed by atoms with Gasteiger partial charge in [0.15, 0.2) is 0 Å². The van der Waals surface area contributed by atoms with Gasteiger partial charge in [-0.2, -0.15) is 11.0 Å². The van der Waals surface area contributed by atoms with E-state index in [-0.39, 0.29) is 64.8 Å². The molecule has 0 aliphatic heterocycles. The van der Waals surface area contributed by atoms with E-state index in [4.69, 9.17) is 13.0 Å². The molecular weight excluding hydrogens is 244 g/mol. The van der Waals surface area contributed by atoms with Gasteiger partial charge in [-0.25, -0.2) is 0 Å². The predicted molar refractivity (Wildman–Crippen MR) is 42.6 cm³/mol. The maximum absolute atomic E-state index is 10.0. The summed E-state index contributed by atoms with van der Waals surface area (Å²) in [6.07, 6.45) is 0. The van der Waals surface area contributed by atoms with Crippen molar-refractivity contribution in [1.29, 1.82) is 0 Å². The van der Waals surface area contributed by atoms with E-state index < -0.39 is 15.9 Å². The summed E-state index contributed by atoms with van der Waals surface area (Å²) in [5, 5.41) is 10.0. The van der Waals surface area contributed by atoms with Crippen LogP contribution in [0.2, 0.25) is 0 Å². The molecule has 15 heavy (non-hydrogen) atoms. The maximum Gasteiger partial charge on any atom is 1.00 e. The monoisotopic (exact) mass is 249 g/mol. The summed E-state index contributed by atoms with van der Waals surface area (Å²) in [4.78, 5) is 9.59. The van der Waals surface area contributed by atoms with Crippen molar-refractivity contribution < 1.29 is 77.0 Å². The molecule has 72 valence electrons. The molecule has 0 unspecified atom stereocenters. The summed E-state index contributed by atoms with van der Waals surface area (Å²) in [6, 6.07) is 7.93. The maximum atomic E-state index is 10.0. The second-order valence-corrected chi connectivity index (χ2v) is 2.21. The number of nitro groups is 1. The van der Waals surface area contributed by atoms with Gasteiger partial charge in [0.25, 0.3) is 5.69 Å². The van der Waals surface area contributed by atoms with Gasteiger partial charge in [0, 0.05) is 12.1 Å². The Morgan fingerprint density at radius 3 is 1.60 bits per heavy atom. The van der Waals surface area contributed by atoms with Crippen molar-refractivity contribution in [3.05, 3.63) is 40.4 Å². The molecule has 0 amide bonds. The van der Waals surface area contributed by atoms with Crippen molar-refractivity contribution in [3.8, 4) is 0 Å². The second-order valence-electron chi connectivity index (χ2n) is 1.80. The second kappa shape index (κ2) is 12.6. The molecule has 0 aliphatic rings. The van der Waals surface area contributed by atoms with Gasteiger partial charge in [-0.3, -0.25) is 10.1 Å². The van der Waals surface area contributed by atoms with Gasteiger partial charge < -0.3 is 13.0 Å². The summed E-state index contributed by atoms with van der Waals surface area (Å²) in [6.45, 7) is 0. The first kappa shape index (κ1) is 20.9. The zero-order valence-corrected chi connectivity index (χ0v) is 13.1. The Morgan fingerprint density at radius 1 is 1.07 bits per heavy atom. The molecule has 0 atom stereocenters. The summed E-state index contributed by atoms with van der Waals surface area (Å²) in [5.41, 5.74) is 0.137. The van der Waals surface area contributed by atoms with E-state index in [1.807, 2.05) is 0 Å². The number of nitro benzene ring substituents is 1. The molecule has 0 saturated heterocycles. The topological polar surface area (TPSA) is 100 Å². The minimum atomic E-state index is -3.11. The number of benzene rings is 1. The standard InChI is InChI=1S/C6H5NO2.2Na.O3S/c8-7(9)6-4-2-1-3-5-6;;;1-4(2)3/h1-5H;;;/q;2*+1;-2. The van der Waals surface area contributed by atoms with Crippen molar-refractivity contribution in [3.63, 3.8) is 0 Å². The van der Waals surface area contributed by atoms with Crippen LogP contribution in [0.5, 0.6) is 0 Å². The van der Waals surface area contributed by atoms with Crippen molar-refractivity contribution in [2.45, 2.75) is 0 Å². The third kappa shape index (κ3) is 14.5. The van der Waals surface area contributed by atoms with Gasteiger partial charge in [0.2, 0.25) is 0 Å². The largest absolute Gasteiger partial charge is 1.00 e. The van der Waals surface area contributed by atoms with Gasteiger partial charge in [-0.15, -0.1) is 0 Å². The average molecular weight is 249 g/mol. The van der Waals surface area contributed by atoms with E-state index in [0.717, 1.165) is 0 Å². The van der Waals surface area contributed by atoms with Gasteiger partial charge in [-0.05, 0) is 0 Å². The first-order chi connectivity index (χ1) is 6.04. The van der Waals surface area contributed by atoms with E-state index in [1.54, 1.807) is 18.2 Å². The number of nitrogens with zero attached hydrogens (tertiary/aromatic N) is 1. The van der Waals surface area contributed by atoms with Crippen LogP contribution in [-0.2, 0) is 19.4 Å². The fourth-order valence-electron chi connectivity index (χ4n) is 0.550. The van der Waals surface area contributed by atoms with E-state index in [2.05, 4.69) is 0 Å². The number of hydrogen-bond acceptors (Lipinski definition) is 6. The fraction of sp³-hybridized carbons (Fsp3) is 0. The predicted octanol–water partition coefficient (Wildman–Crippen LogP) is -4.97. The molecule has 1 aromatic carbocycles. The first-order valence-corrected chi connectivity index (χ1v) is 4.00. The quantitative estimate of drug-likeness (QED) is 0.124. The SMILES string of the molecule is O=[N+]([O-])c1ccccc1.O=[S-](=O)[O-].[Na+].[Na+]. The molecule has 1 rings (SSSR count). The van der Waals surface area contributed by atoms with Crippen molar-refractivity contribution in [1.82, 2.24) is 0 Å². The molecule has 0 bridgehead atoms. The smallest absolute Gasteiger partial charge is 0.917 e. The Bertz CT molecular complexity index is 335. The third-order valence-corrected chi connectivity index (χ3v) is 0.967. The van der Waals surface area contributed by atoms with Crippen molar-refractivity contribution in [2.24, 2.45) is 0 Å². The zero-order valence-electron chi connectivity index (χ0n) is 8.28. The Balaban J connectivity index is -0.000000213. The normalized spacial score (nSPS) is 7.60. The third-order valence-electron chi connectivity index (χ3n) is 0.967. The van der Waals surface area contributed by atoms with E-state index in [0.29, 0.717) is 0 Å². The molecule has 0 aliphatic carbocycles. The number of hydrogen-bond donors (Lipinski definition) is 0. The summed E-state index contributed by atoms with van der Waals surface area (Å²) < 4.78 is 25.3. The Kier molecular flexibility index (Phi) is 17.5. The van der Waals surface area contributed by atoms with E-state index >= 15 is 0 Å². The number of non-ortho nitro benzene ring substituents is 1. The molecule has 9 heteroatoms. The minimum Gasteiger partial charge on any atom is -0.917 e. The van der Waals surface area contributed by atoms with Crippen molar-refractivity contribution in [2.75, 3.05) is 0 Å². The minimum absolute atomic E-state index is 0. The molecule has 0 saturated carbocycles. The Morgan fingerprint density at radius 2 is 1.40 bits per heavy atom. The van der Waals surface area contributed by atoms with E-state index in [1.165, 1.54) is 12.1 Å². The zero-order chi connectivity index (χ0) is 10.3. The molecule has 6 nitrogen and oxygen atoms in total. The fourth-order valence-corrected chi connectivity index (χ4v) is 0.550. The number of para-hydroxylation sites is 1. The molecule has 0 fully saturated rings. The van der Waals surface area contributed by atoms with Gasteiger partial charge in [0.1, 0.15) is 0 Å². The Labute approximate surface area is 133 Å². The van der Waals surface area contributed by atoms with Crippen LogP contribution in [0.3, 0.4) is 0 Å². The van der Waals surface area contributed by atoms with Crippen LogP contribution in [0.1, 0.15) is 0 Å². The summed E-state index contributed by atoms with van der Waals surface area (Å²) in [7, 11) is -3.11. The molecule has 0 radical (unpaired) electrons. The molecular formula is C6H5NNa2O5S. The molecule has 1 aromatic rings. The van der Waals surface area contributed by atoms with E-state index in [9.17, 15) is 10.1 Å². The summed E-state index contributed by atoms with van der Waals surface area (Å²) in [5.74, 6) is 0. The van der Waals surface area contributed by atoms with Crippen LogP contribution in [0, 0.1) is 10.1 Å². The average Bonchev–Trinajstić information content (AvgIpc) is 2.05.